The summed E-state index contributed by atoms with van der Waals surface area (Å²) in [6.07, 6.45) is 4.31. The fourth-order valence-electron chi connectivity index (χ4n) is 2.97. The van der Waals surface area contributed by atoms with Crippen LogP contribution in [-0.4, -0.2) is 50.1 Å². The van der Waals surface area contributed by atoms with Gasteiger partial charge in [-0.15, -0.1) is 0 Å². The molecule has 0 aromatic rings. The minimum atomic E-state index is 0.681. The Kier molecular flexibility index (Phi) is 2.13. The van der Waals surface area contributed by atoms with Gasteiger partial charge in [0.05, 0.1) is 0 Å². The van der Waals surface area contributed by atoms with E-state index in [0.29, 0.717) is 5.41 Å². The molecule has 0 aromatic heterocycles. The third-order valence-electron chi connectivity index (χ3n) is 3.31. The van der Waals surface area contributed by atoms with Crippen LogP contribution in [0.1, 0.15) is 19.3 Å². The van der Waals surface area contributed by atoms with E-state index in [-0.39, 0.29) is 0 Å². The monoisotopic (exact) mass is 168 g/mol. The molecule has 2 heterocycles. The highest BCUT2D eigenvalue weighted by Crippen LogP contribution is 2.36. The molecule has 2 fully saturated rings. The van der Waals surface area contributed by atoms with E-state index in [0.717, 1.165) is 0 Å². The van der Waals surface area contributed by atoms with Crippen molar-refractivity contribution in [2.45, 2.75) is 19.3 Å². The molecule has 0 amide bonds. The van der Waals surface area contributed by atoms with Crippen molar-refractivity contribution in [1.82, 2.24) is 9.80 Å². The average Bonchev–Trinajstić information content (AvgIpc) is 2.10. The van der Waals surface area contributed by atoms with Crippen LogP contribution in [0.4, 0.5) is 0 Å². The van der Waals surface area contributed by atoms with Crippen LogP contribution in [0.15, 0.2) is 0 Å². The van der Waals surface area contributed by atoms with Gasteiger partial charge in [-0.1, -0.05) is 6.42 Å². The van der Waals surface area contributed by atoms with Gasteiger partial charge >= 0.3 is 0 Å². The first-order valence-corrected chi connectivity index (χ1v) is 5.07. The summed E-state index contributed by atoms with van der Waals surface area (Å²) in [5.74, 6) is 0. The topological polar surface area (TPSA) is 6.48 Å². The van der Waals surface area contributed by atoms with Gasteiger partial charge in [0.15, 0.2) is 0 Å². The van der Waals surface area contributed by atoms with Crippen LogP contribution in [-0.2, 0) is 0 Å². The maximum atomic E-state index is 2.51. The molecule has 70 valence electrons. The van der Waals surface area contributed by atoms with Crippen LogP contribution in [0.5, 0.6) is 0 Å². The largest absolute Gasteiger partial charge is 0.306 e. The Morgan fingerprint density at radius 1 is 0.917 bits per heavy atom. The van der Waals surface area contributed by atoms with Gasteiger partial charge in [-0.2, -0.15) is 0 Å². The maximum absolute atomic E-state index is 2.51. The molecule has 2 aliphatic heterocycles. The van der Waals surface area contributed by atoms with E-state index in [2.05, 4.69) is 23.9 Å². The zero-order chi connectivity index (χ0) is 8.60. The highest BCUT2D eigenvalue weighted by Gasteiger charge is 2.41. The van der Waals surface area contributed by atoms with Gasteiger partial charge in [0, 0.05) is 25.0 Å². The van der Waals surface area contributed by atoms with Gasteiger partial charge in [0.1, 0.15) is 0 Å². The zero-order valence-corrected chi connectivity index (χ0v) is 8.34. The fourth-order valence-corrected chi connectivity index (χ4v) is 2.97. The van der Waals surface area contributed by atoms with Crippen LogP contribution < -0.4 is 0 Å². The van der Waals surface area contributed by atoms with E-state index in [1.54, 1.807) is 0 Å². The second-order valence-corrected chi connectivity index (χ2v) is 4.87. The predicted octanol–water partition coefficient (Wildman–Crippen LogP) is 1.03. The summed E-state index contributed by atoms with van der Waals surface area (Å²) in [5.41, 5.74) is 0.681. The predicted molar refractivity (Wildman–Crippen MR) is 51.3 cm³/mol. The molecule has 2 aliphatic rings. The third kappa shape index (κ3) is 1.50. The summed E-state index contributed by atoms with van der Waals surface area (Å²) in [7, 11) is 4.50. The summed E-state index contributed by atoms with van der Waals surface area (Å²) < 4.78 is 0. The second kappa shape index (κ2) is 3.00. The van der Waals surface area contributed by atoms with Crippen molar-refractivity contribution < 1.29 is 0 Å². The van der Waals surface area contributed by atoms with E-state index in [9.17, 15) is 0 Å². The van der Waals surface area contributed by atoms with E-state index in [4.69, 9.17) is 0 Å². The van der Waals surface area contributed by atoms with E-state index < -0.39 is 0 Å². The normalized spacial score (nSPS) is 31.5. The number of rotatable bonds is 0. The average molecular weight is 168 g/mol. The first kappa shape index (κ1) is 8.52. The summed E-state index contributed by atoms with van der Waals surface area (Å²) in [4.78, 5) is 4.96. The third-order valence-corrected chi connectivity index (χ3v) is 3.31. The minimum absolute atomic E-state index is 0.681. The molecule has 0 unspecified atom stereocenters. The molecule has 0 saturated carbocycles. The molecule has 2 rings (SSSR count). The SMILES string of the molecule is CN1CCCCC2(C1)CN(C)C2. The van der Waals surface area contributed by atoms with Crippen molar-refractivity contribution in [3.05, 3.63) is 0 Å². The van der Waals surface area contributed by atoms with Crippen LogP contribution in [0.25, 0.3) is 0 Å². The number of hydrogen-bond donors (Lipinski definition) is 0. The Balaban J connectivity index is 1.96. The van der Waals surface area contributed by atoms with Gasteiger partial charge < -0.3 is 9.80 Å². The van der Waals surface area contributed by atoms with E-state index in [1.165, 1.54) is 45.4 Å². The van der Waals surface area contributed by atoms with Gasteiger partial charge in [0.25, 0.3) is 0 Å². The molecule has 1 spiro atoms. The second-order valence-electron chi connectivity index (χ2n) is 4.87. The van der Waals surface area contributed by atoms with Crippen LogP contribution in [0, 0.1) is 5.41 Å². The highest BCUT2D eigenvalue weighted by atomic mass is 15.2. The van der Waals surface area contributed by atoms with Gasteiger partial charge in [-0.05, 0) is 33.5 Å². The lowest BCUT2D eigenvalue weighted by molar-refractivity contribution is -0.00180. The molecule has 0 bridgehead atoms. The fraction of sp³-hybridized carbons (Fsp3) is 1.00. The molecular formula is C10H20N2. The molecule has 0 radical (unpaired) electrons. The molecular weight excluding hydrogens is 148 g/mol. The molecule has 2 nitrogen and oxygen atoms in total. The first-order chi connectivity index (χ1) is 5.70. The van der Waals surface area contributed by atoms with Gasteiger partial charge in [0.2, 0.25) is 0 Å². The zero-order valence-electron chi connectivity index (χ0n) is 8.34. The highest BCUT2D eigenvalue weighted by molar-refractivity contribution is 4.96. The standard InChI is InChI=1S/C10H20N2/c1-11-6-4-3-5-10(7-11)8-12(2)9-10/h3-9H2,1-2H3. The smallest absolute Gasteiger partial charge is 0.00844 e. The maximum Gasteiger partial charge on any atom is 0.00844 e. The number of hydrogen-bond acceptors (Lipinski definition) is 2. The quantitative estimate of drug-likeness (QED) is 0.533. The van der Waals surface area contributed by atoms with Crippen molar-refractivity contribution in [3.63, 3.8) is 0 Å². The van der Waals surface area contributed by atoms with Crippen molar-refractivity contribution >= 4 is 0 Å². The molecule has 0 atom stereocenters. The summed E-state index contributed by atoms with van der Waals surface area (Å²) in [5, 5.41) is 0. The minimum Gasteiger partial charge on any atom is -0.306 e. The molecule has 2 saturated heterocycles. The van der Waals surface area contributed by atoms with Crippen molar-refractivity contribution in [2.75, 3.05) is 40.3 Å². The summed E-state index contributed by atoms with van der Waals surface area (Å²) >= 11 is 0. The Morgan fingerprint density at radius 3 is 2.25 bits per heavy atom. The lowest BCUT2D eigenvalue weighted by atomic mass is 9.76. The first-order valence-electron chi connectivity index (χ1n) is 5.07. The molecule has 12 heavy (non-hydrogen) atoms. The Labute approximate surface area is 75.5 Å². The van der Waals surface area contributed by atoms with Gasteiger partial charge in [-0.3, -0.25) is 0 Å². The number of likely N-dealkylation sites (tertiary alicyclic amines) is 2. The van der Waals surface area contributed by atoms with Crippen LogP contribution in [0.2, 0.25) is 0 Å². The summed E-state index contributed by atoms with van der Waals surface area (Å²) in [6, 6.07) is 0. The van der Waals surface area contributed by atoms with Crippen LogP contribution in [0.3, 0.4) is 0 Å². The van der Waals surface area contributed by atoms with Crippen molar-refractivity contribution in [2.24, 2.45) is 5.41 Å². The molecule has 2 heteroatoms. The number of nitrogens with zero attached hydrogens (tertiary/aromatic N) is 2. The van der Waals surface area contributed by atoms with Crippen molar-refractivity contribution in [1.29, 1.82) is 0 Å². The Morgan fingerprint density at radius 2 is 1.58 bits per heavy atom. The van der Waals surface area contributed by atoms with E-state index in [1.807, 2.05) is 0 Å². The lowest BCUT2D eigenvalue weighted by Gasteiger charge is -2.49. The van der Waals surface area contributed by atoms with E-state index >= 15 is 0 Å². The molecule has 0 aromatic carbocycles. The Hall–Kier alpha value is -0.0800. The Bertz CT molecular complexity index is 161. The van der Waals surface area contributed by atoms with Gasteiger partial charge in [-0.25, -0.2) is 0 Å². The summed E-state index contributed by atoms with van der Waals surface area (Å²) in [6.45, 7) is 5.30. The van der Waals surface area contributed by atoms with Crippen molar-refractivity contribution in [3.8, 4) is 0 Å². The van der Waals surface area contributed by atoms with Crippen LogP contribution >= 0.6 is 0 Å². The molecule has 0 N–H and O–H groups in total. The molecule has 0 aliphatic carbocycles. The lowest BCUT2D eigenvalue weighted by Crippen LogP contribution is -2.58.